The van der Waals surface area contributed by atoms with Crippen LogP contribution in [0.5, 0.6) is 0 Å². The van der Waals surface area contributed by atoms with Crippen LogP contribution in [0.3, 0.4) is 0 Å². The molecule has 1 aromatic heterocycles. The molecule has 0 aliphatic carbocycles. The van der Waals surface area contributed by atoms with Gasteiger partial charge in [0.15, 0.2) is 0 Å². The number of carbonyl (C=O) groups is 1. The van der Waals surface area contributed by atoms with Crippen molar-refractivity contribution in [2.45, 2.75) is 25.3 Å². The van der Waals surface area contributed by atoms with Gasteiger partial charge >= 0.3 is 0 Å². The molecule has 1 aliphatic rings. The number of rotatable bonds is 2. The van der Waals surface area contributed by atoms with Crippen LogP contribution in [0.1, 0.15) is 29.8 Å². The molecule has 2 rings (SSSR count). The Hall–Kier alpha value is -1.00. The second-order valence-electron chi connectivity index (χ2n) is 4.12. The summed E-state index contributed by atoms with van der Waals surface area (Å²) in [6, 6.07) is 1.83. The summed E-state index contributed by atoms with van der Waals surface area (Å²) in [6.45, 7) is 1.32. The van der Waals surface area contributed by atoms with Gasteiger partial charge < -0.3 is 15.6 Å². The number of aromatic nitrogens is 1. The third kappa shape index (κ3) is 2.23. The molecule has 0 bridgehead atoms. The van der Waals surface area contributed by atoms with E-state index in [9.17, 15) is 4.79 Å². The topological polar surface area (TPSA) is 62.1 Å². The molecule has 1 amide bonds. The summed E-state index contributed by atoms with van der Waals surface area (Å²) in [7, 11) is 0. The van der Waals surface area contributed by atoms with E-state index < -0.39 is 0 Å². The van der Waals surface area contributed by atoms with Gasteiger partial charge in [-0.25, -0.2) is 0 Å². The molecular weight excluding hydrogens is 226 g/mol. The van der Waals surface area contributed by atoms with Crippen LogP contribution in [0.25, 0.3) is 0 Å². The minimum absolute atomic E-state index is 0.00190. The van der Waals surface area contributed by atoms with Crippen molar-refractivity contribution < 1.29 is 4.79 Å². The van der Waals surface area contributed by atoms with Crippen LogP contribution in [0.2, 0.25) is 5.02 Å². The van der Waals surface area contributed by atoms with Crippen molar-refractivity contribution in [3.8, 4) is 0 Å². The average molecular weight is 242 g/mol. The standard InChI is InChI=1S/C11H16ClN3O/c12-8-5-10(14-7-8)11(16)15-4-2-1-3-9(15)6-13/h5,7,9,14H,1-4,6,13H2. The van der Waals surface area contributed by atoms with E-state index in [0.717, 1.165) is 25.8 Å². The molecule has 1 atom stereocenters. The Morgan fingerprint density at radius 3 is 3.06 bits per heavy atom. The maximum absolute atomic E-state index is 12.2. The molecule has 1 aromatic rings. The zero-order valence-corrected chi connectivity index (χ0v) is 9.83. The zero-order chi connectivity index (χ0) is 11.5. The normalized spacial score (nSPS) is 21.1. The van der Waals surface area contributed by atoms with E-state index in [1.807, 2.05) is 4.90 Å². The Bertz CT molecular complexity index is 377. The van der Waals surface area contributed by atoms with Gasteiger partial charge in [0.25, 0.3) is 5.91 Å². The third-order valence-corrected chi connectivity index (χ3v) is 3.26. The summed E-state index contributed by atoms with van der Waals surface area (Å²) in [5.74, 6) is 0.00190. The summed E-state index contributed by atoms with van der Waals surface area (Å²) in [5, 5.41) is 0.560. The van der Waals surface area contributed by atoms with E-state index in [1.165, 1.54) is 0 Å². The van der Waals surface area contributed by atoms with E-state index >= 15 is 0 Å². The van der Waals surface area contributed by atoms with Crippen molar-refractivity contribution in [3.05, 3.63) is 23.0 Å². The molecule has 0 aromatic carbocycles. The molecule has 1 aliphatic heterocycles. The van der Waals surface area contributed by atoms with Crippen molar-refractivity contribution in [3.63, 3.8) is 0 Å². The number of H-pyrrole nitrogens is 1. The molecule has 88 valence electrons. The van der Waals surface area contributed by atoms with Crippen molar-refractivity contribution in [1.82, 2.24) is 9.88 Å². The molecule has 16 heavy (non-hydrogen) atoms. The summed E-state index contributed by atoms with van der Waals surface area (Å²) < 4.78 is 0. The summed E-state index contributed by atoms with van der Waals surface area (Å²) in [6.07, 6.45) is 4.82. The van der Waals surface area contributed by atoms with Gasteiger partial charge in [0.05, 0.1) is 5.02 Å². The van der Waals surface area contributed by atoms with Crippen LogP contribution < -0.4 is 5.73 Å². The number of hydrogen-bond acceptors (Lipinski definition) is 2. The minimum atomic E-state index is 0.00190. The first kappa shape index (κ1) is 11.5. The van der Waals surface area contributed by atoms with Crippen LogP contribution >= 0.6 is 11.6 Å². The largest absolute Gasteiger partial charge is 0.356 e. The Balaban J connectivity index is 2.13. The molecular formula is C11H16ClN3O. The third-order valence-electron chi connectivity index (χ3n) is 3.04. The molecule has 4 nitrogen and oxygen atoms in total. The lowest BCUT2D eigenvalue weighted by Gasteiger charge is -2.34. The SMILES string of the molecule is NCC1CCCCN1C(=O)c1cc(Cl)c[nH]1. The number of nitrogens with zero attached hydrogens (tertiary/aromatic N) is 1. The first-order valence-corrected chi connectivity index (χ1v) is 5.95. The van der Waals surface area contributed by atoms with Crippen LogP contribution in [0.15, 0.2) is 12.3 Å². The number of aromatic amines is 1. The van der Waals surface area contributed by atoms with Gasteiger partial charge in [0.2, 0.25) is 0 Å². The Morgan fingerprint density at radius 2 is 2.44 bits per heavy atom. The lowest BCUT2D eigenvalue weighted by atomic mass is 10.0. The predicted octanol–water partition coefficient (Wildman–Crippen LogP) is 1.62. The summed E-state index contributed by atoms with van der Waals surface area (Å²) in [4.78, 5) is 16.9. The molecule has 0 radical (unpaired) electrons. The van der Waals surface area contributed by atoms with Crippen molar-refractivity contribution in [2.75, 3.05) is 13.1 Å². The quantitative estimate of drug-likeness (QED) is 0.827. The van der Waals surface area contributed by atoms with Crippen LogP contribution in [-0.2, 0) is 0 Å². The number of likely N-dealkylation sites (tertiary alicyclic amines) is 1. The highest BCUT2D eigenvalue weighted by atomic mass is 35.5. The fraction of sp³-hybridized carbons (Fsp3) is 0.545. The number of carbonyl (C=O) groups excluding carboxylic acids is 1. The molecule has 1 fully saturated rings. The maximum Gasteiger partial charge on any atom is 0.270 e. The summed E-state index contributed by atoms with van der Waals surface area (Å²) >= 11 is 5.79. The highest BCUT2D eigenvalue weighted by molar-refractivity contribution is 6.30. The van der Waals surface area contributed by atoms with Gasteiger partial charge in [-0.2, -0.15) is 0 Å². The second-order valence-corrected chi connectivity index (χ2v) is 4.55. The highest BCUT2D eigenvalue weighted by Crippen LogP contribution is 2.19. The molecule has 2 heterocycles. The smallest absolute Gasteiger partial charge is 0.270 e. The zero-order valence-electron chi connectivity index (χ0n) is 9.08. The minimum Gasteiger partial charge on any atom is -0.356 e. The van der Waals surface area contributed by atoms with Gasteiger partial charge in [-0.05, 0) is 25.3 Å². The molecule has 0 spiro atoms. The first-order chi connectivity index (χ1) is 7.72. The van der Waals surface area contributed by atoms with Gasteiger partial charge in [-0.1, -0.05) is 11.6 Å². The molecule has 0 saturated carbocycles. The first-order valence-electron chi connectivity index (χ1n) is 5.57. The number of nitrogens with one attached hydrogen (secondary N) is 1. The van der Waals surface area contributed by atoms with E-state index in [1.54, 1.807) is 12.3 Å². The molecule has 1 saturated heterocycles. The van der Waals surface area contributed by atoms with E-state index in [4.69, 9.17) is 17.3 Å². The van der Waals surface area contributed by atoms with Crippen molar-refractivity contribution in [2.24, 2.45) is 5.73 Å². The average Bonchev–Trinajstić information content (AvgIpc) is 2.75. The number of halogens is 1. The number of piperidine rings is 1. The lowest BCUT2D eigenvalue weighted by molar-refractivity contribution is 0.0618. The number of hydrogen-bond donors (Lipinski definition) is 2. The van der Waals surface area contributed by atoms with E-state index in [2.05, 4.69) is 4.98 Å². The van der Waals surface area contributed by atoms with Gasteiger partial charge in [0.1, 0.15) is 5.69 Å². The predicted molar refractivity (Wildman–Crippen MR) is 63.5 cm³/mol. The Morgan fingerprint density at radius 1 is 1.62 bits per heavy atom. The van der Waals surface area contributed by atoms with Crippen molar-refractivity contribution in [1.29, 1.82) is 0 Å². The van der Waals surface area contributed by atoms with Gasteiger partial charge in [-0.3, -0.25) is 4.79 Å². The molecule has 5 heteroatoms. The van der Waals surface area contributed by atoms with Crippen LogP contribution in [0, 0.1) is 0 Å². The molecule has 1 unspecified atom stereocenters. The monoisotopic (exact) mass is 241 g/mol. The van der Waals surface area contributed by atoms with Crippen molar-refractivity contribution >= 4 is 17.5 Å². The fourth-order valence-electron chi connectivity index (χ4n) is 2.16. The second kappa shape index (κ2) is 4.89. The summed E-state index contributed by atoms with van der Waals surface area (Å²) in [5.41, 5.74) is 6.23. The Kier molecular flexibility index (Phi) is 3.51. The van der Waals surface area contributed by atoms with Crippen LogP contribution in [0.4, 0.5) is 0 Å². The van der Waals surface area contributed by atoms with Gasteiger partial charge in [0, 0.05) is 25.3 Å². The maximum atomic E-state index is 12.2. The van der Waals surface area contributed by atoms with Gasteiger partial charge in [-0.15, -0.1) is 0 Å². The lowest BCUT2D eigenvalue weighted by Crippen LogP contribution is -2.47. The van der Waals surface area contributed by atoms with E-state index in [0.29, 0.717) is 17.3 Å². The Labute approximate surface area is 99.8 Å². The van der Waals surface area contributed by atoms with Crippen LogP contribution in [-0.4, -0.2) is 34.9 Å². The molecule has 3 N–H and O–H groups in total. The highest BCUT2D eigenvalue weighted by Gasteiger charge is 2.26. The number of amides is 1. The fourth-order valence-corrected chi connectivity index (χ4v) is 2.32. The van der Waals surface area contributed by atoms with E-state index in [-0.39, 0.29) is 11.9 Å². The number of nitrogens with two attached hydrogens (primary N) is 1.